The molecule has 1 atom stereocenters. The van der Waals surface area contributed by atoms with E-state index in [1.54, 1.807) is 5.56 Å². The minimum atomic E-state index is 0.356. The molecule has 110 valence electrons. The monoisotopic (exact) mass is 290 g/mol. The van der Waals surface area contributed by atoms with Gasteiger partial charge in [-0.25, -0.2) is 0 Å². The van der Waals surface area contributed by atoms with Crippen LogP contribution in [0.2, 0.25) is 0 Å². The van der Waals surface area contributed by atoms with E-state index in [1.165, 1.54) is 37.3 Å². The Labute approximate surface area is 127 Å². The van der Waals surface area contributed by atoms with Crippen LogP contribution in [0, 0.1) is 0 Å². The Morgan fingerprint density at radius 3 is 2.65 bits per heavy atom. The number of hydrogen-bond donors (Lipinski definition) is 1. The van der Waals surface area contributed by atoms with Crippen molar-refractivity contribution < 1.29 is 0 Å². The van der Waals surface area contributed by atoms with Crippen molar-refractivity contribution in [2.75, 3.05) is 38.2 Å². The zero-order chi connectivity index (χ0) is 13.8. The lowest BCUT2D eigenvalue weighted by molar-refractivity contribution is 0.168. The number of nitrogens with one attached hydrogen (secondary N) is 1. The molecule has 3 heteroatoms. The molecule has 1 N–H and O–H groups in total. The lowest BCUT2D eigenvalue weighted by Crippen LogP contribution is -2.49. The minimum Gasteiger partial charge on any atom is -0.317 e. The van der Waals surface area contributed by atoms with Gasteiger partial charge in [-0.2, -0.15) is 11.8 Å². The highest BCUT2D eigenvalue weighted by Crippen LogP contribution is 2.35. The van der Waals surface area contributed by atoms with Gasteiger partial charge in [0.2, 0.25) is 0 Å². The third-order valence-corrected chi connectivity index (χ3v) is 6.17. The van der Waals surface area contributed by atoms with Crippen molar-refractivity contribution in [3.05, 3.63) is 35.9 Å². The molecule has 2 nitrogen and oxygen atoms in total. The number of rotatable bonds is 4. The maximum Gasteiger partial charge on any atom is 0.0191 e. The summed E-state index contributed by atoms with van der Waals surface area (Å²) in [5.74, 6) is 2.66. The molecule has 0 aliphatic carbocycles. The molecule has 0 radical (unpaired) electrons. The van der Waals surface area contributed by atoms with E-state index in [0.29, 0.717) is 5.41 Å². The molecule has 2 aliphatic heterocycles. The number of piperidine rings is 1. The summed E-state index contributed by atoms with van der Waals surface area (Å²) in [6.07, 6.45) is 3.90. The molecule has 2 aliphatic rings. The Morgan fingerprint density at radius 1 is 1.25 bits per heavy atom. The van der Waals surface area contributed by atoms with Crippen molar-refractivity contribution in [3.8, 4) is 0 Å². The van der Waals surface area contributed by atoms with Crippen molar-refractivity contribution in [1.82, 2.24) is 10.2 Å². The summed E-state index contributed by atoms with van der Waals surface area (Å²) < 4.78 is 0. The Bertz CT molecular complexity index is 408. The first-order chi connectivity index (χ1) is 9.80. The summed E-state index contributed by atoms with van der Waals surface area (Å²) in [5.41, 5.74) is 1.90. The molecule has 0 aromatic heterocycles. The smallest absolute Gasteiger partial charge is 0.0191 e. The van der Waals surface area contributed by atoms with E-state index in [1.807, 2.05) is 0 Å². The van der Waals surface area contributed by atoms with Gasteiger partial charge in [-0.1, -0.05) is 30.3 Å². The van der Waals surface area contributed by atoms with Gasteiger partial charge in [0.25, 0.3) is 0 Å². The third kappa shape index (κ3) is 3.05. The zero-order valence-electron chi connectivity index (χ0n) is 12.5. The zero-order valence-corrected chi connectivity index (χ0v) is 13.3. The van der Waals surface area contributed by atoms with Gasteiger partial charge < -0.3 is 10.2 Å². The fraction of sp³-hybridized carbons (Fsp3) is 0.647. The maximum absolute atomic E-state index is 3.53. The molecular weight excluding hydrogens is 264 g/mol. The fourth-order valence-corrected chi connectivity index (χ4v) is 5.01. The highest BCUT2D eigenvalue weighted by Gasteiger charge is 2.36. The Morgan fingerprint density at radius 2 is 2.00 bits per heavy atom. The van der Waals surface area contributed by atoms with Crippen LogP contribution in [0.3, 0.4) is 0 Å². The number of thioether (sulfide) groups is 1. The molecule has 0 saturated carbocycles. The van der Waals surface area contributed by atoms with Gasteiger partial charge in [-0.15, -0.1) is 0 Å². The summed E-state index contributed by atoms with van der Waals surface area (Å²) in [6.45, 7) is 3.52. The quantitative estimate of drug-likeness (QED) is 0.918. The molecule has 1 aromatic carbocycles. The molecule has 0 spiro atoms. The van der Waals surface area contributed by atoms with Gasteiger partial charge in [0.1, 0.15) is 0 Å². The summed E-state index contributed by atoms with van der Waals surface area (Å²) in [6, 6.07) is 12.0. The van der Waals surface area contributed by atoms with Crippen LogP contribution >= 0.6 is 11.8 Å². The highest BCUT2D eigenvalue weighted by atomic mass is 32.2. The van der Waals surface area contributed by atoms with Crippen LogP contribution in [0.1, 0.15) is 24.8 Å². The van der Waals surface area contributed by atoms with Crippen LogP contribution in [-0.4, -0.2) is 49.1 Å². The Hall–Kier alpha value is -0.510. The molecule has 2 heterocycles. The van der Waals surface area contributed by atoms with Crippen LogP contribution in [0.4, 0.5) is 0 Å². The first-order valence-electron chi connectivity index (χ1n) is 7.84. The van der Waals surface area contributed by atoms with Gasteiger partial charge in [0.05, 0.1) is 0 Å². The van der Waals surface area contributed by atoms with Crippen molar-refractivity contribution in [1.29, 1.82) is 0 Å². The molecule has 0 bridgehead atoms. The predicted molar refractivity (Wildman–Crippen MR) is 88.6 cm³/mol. The van der Waals surface area contributed by atoms with Gasteiger partial charge >= 0.3 is 0 Å². The largest absolute Gasteiger partial charge is 0.317 e. The molecule has 2 saturated heterocycles. The third-order valence-electron chi connectivity index (χ3n) is 5.03. The van der Waals surface area contributed by atoms with Crippen LogP contribution in [0.15, 0.2) is 30.3 Å². The normalized spacial score (nSPS) is 26.0. The fourth-order valence-electron chi connectivity index (χ4n) is 3.71. The summed E-state index contributed by atoms with van der Waals surface area (Å²) in [7, 11) is 2.34. The van der Waals surface area contributed by atoms with E-state index in [9.17, 15) is 0 Å². The van der Waals surface area contributed by atoms with Crippen LogP contribution in [0.5, 0.6) is 0 Å². The summed E-state index contributed by atoms with van der Waals surface area (Å²) in [5, 5.41) is 3.53. The van der Waals surface area contributed by atoms with Crippen molar-refractivity contribution in [2.45, 2.75) is 30.7 Å². The molecule has 2 fully saturated rings. The van der Waals surface area contributed by atoms with Crippen molar-refractivity contribution in [2.24, 2.45) is 0 Å². The average molecular weight is 290 g/mol. The Kier molecular flexibility index (Phi) is 4.69. The second-order valence-corrected chi connectivity index (χ2v) is 7.48. The molecule has 1 unspecified atom stereocenters. The van der Waals surface area contributed by atoms with Crippen LogP contribution in [-0.2, 0) is 5.41 Å². The van der Waals surface area contributed by atoms with Gasteiger partial charge in [-0.05, 0) is 50.7 Å². The van der Waals surface area contributed by atoms with Gasteiger partial charge in [-0.3, -0.25) is 0 Å². The lowest BCUT2D eigenvalue weighted by Gasteiger charge is -2.42. The first kappa shape index (κ1) is 14.4. The van der Waals surface area contributed by atoms with E-state index in [0.717, 1.165) is 19.1 Å². The molecule has 1 aromatic rings. The maximum atomic E-state index is 3.53. The molecule has 3 rings (SSSR count). The highest BCUT2D eigenvalue weighted by molar-refractivity contribution is 7.99. The van der Waals surface area contributed by atoms with E-state index < -0.39 is 0 Å². The Balaban J connectivity index is 1.78. The molecule has 0 amide bonds. The van der Waals surface area contributed by atoms with E-state index in [2.05, 4.69) is 59.4 Å². The summed E-state index contributed by atoms with van der Waals surface area (Å²) >= 11 is 2.11. The molecular formula is C17H26N2S. The average Bonchev–Trinajstić information content (AvgIpc) is 3.03. The van der Waals surface area contributed by atoms with Gasteiger partial charge in [0, 0.05) is 23.8 Å². The predicted octanol–water partition coefficient (Wildman–Crippen LogP) is 2.75. The van der Waals surface area contributed by atoms with Crippen LogP contribution < -0.4 is 5.32 Å². The topological polar surface area (TPSA) is 15.3 Å². The number of nitrogens with zero attached hydrogens (tertiary/aromatic N) is 1. The lowest BCUT2D eigenvalue weighted by atomic mass is 9.72. The SMILES string of the molecule is CN(CC1(c2ccccc2)CCNCC1)C1CCSC1. The minimum absolute atomic E-state index is 0.356. The summed E-state index contributed by atoms with van der Waals surface area (Å²) in [4.78, 5) is 2.64. The van der Waals surface area contributed by atoms with Gasteiger partial charge in [0.15, 0.2) is 0 Å². The standard InChI is InChI=1S/C17H26N2S/c1-19(16-7-12-20-13-16)14-17(8-10-18-11-9-17)15-5-3-2-4-6-15/h2-6,16,18H,7-14H2,1H3. The number of hydrogen-bond acceptors (Lipinski definition) is 3. The second kappa shape index (κ2) is 6.50. The van der Waals surface area contributed by atoms with E-state index in [4.69, 9.17) is 0 Å². The second-order valence-electron chi connectivity index (χ2n) is 6.33. The van der Waals surface area contributed by atoms with Crippen molar-refractivity contribution >= 4 is 11.8 Å². The first-order valence-corrected chi connectivity index (χ1v) is 9.00. The molecule has 20 heavy (non-hydrogen) atoms. The van der Waals surface area contributed by atoms with E-state index >= 15 is 0 Å². The van der Waals surface area contributed by atoms with E-state index in [-0.39, 0.29) is 0 Å². The van der Waals surface area contributed by atoms with Crippen molar-refractivity contribution in [3.63, 3.8) is 0 Å². The van der Waals surface area contributed by atoms with Crippen LogP contribution in [0.25, 0.3) is 0 Å². The number of benzene rings is 1. The number of likely N-dealkylation sites (N-methyl/N-ethyl adjacent to an activating group) is 1.